The zero-order valence-corrected chi connectivity index (χ0v) is 7.20. The Bertz CT molecular complexity index is 327. The maximum Gasteiger partial charge on any atom is 0.123 e. The van der Waals surface area contributed by atoms with Gasteiger partial charge in [-0.2, -0.15) is 0 Å². The molecule has 3 N–H and O–H groups in total. The standard InChI is InChI=1S/C10H12FNO/c11-7-3-1-6-2-4-9(12)10(13)8(6)5-7/h1,3,5,9-10,13H,2,4,12H2/t9-,10-/m1/s1. The first-order valence-electron chi connectivity index (χ1n) is 4.40. The monoisotopic (exact) mass is 181 g/mol. The molecule has 2 atom stereocenters. The molecule has 0 radical (unpaired) electrons. The van der Waals surface area contributed by atoms with E-state index in [0.29, 0.717) is 5.56 Å². The summed E-state index contributed by atoms with van der Waals surface area (Å²) in [6, 6.07) is 4.26. The van der Waals surface area contributed by atoms with Gasteiger partial charge >= 0.3 is 0 Å². The Morgan fingerprint density at radius 2 is 2.23 bits per heavy atom. The Morgan fingerprint density at radius 3 is 3.00 bits per heavy atom. The zero-order chi connectivity index (χ0) is 9.42. The fourth-order valence-electron chi connectivity index (χ4n) is 1.78. The fourth-order valence-corrected chi connectivity index (χ4v) is 1.78. The van der Waals surface area contributed by atoms with Crippen LogP contribution in [0.4, 0.5) is 4.39 Å². The largest absolute Gasteiger partial charge is 0.387 e. The number of halogens is 1. The summed E-state index contributed by atoms with van der Waals surface area (Å²) in [4.78, 5) is 0. The maximum absolute atomic E-state index is 12.8. The van der Waals surface area contributed by atoms with Gasteiger partial charge in [-0.05, 0) is 36.1 Å². The summed E-state index contributed by atoms with van der Waals surface area (Å²) in [6.07, 6.45) is 0.882. The molecule has 3 heteroatoms. The van der Waals surface area contributed by atoms with Gasteiger partial charge in [-0.15, -0.1) is 0 Å². The molecule has 0 bridgehead atoms. The molecule has 0 saturated carbocycles. The molecular formula is C10H12FNO. The van der Waals surface area contributed by atoms with Crippen LogP contribution < -0.4 is 5.73 Å². The summed E-state index contributed by atoms with van der Waals surface area (Å²) in [5.41, 5.74) is 7.33. The van der Waals surface area contributed by atoms with Gasteiger partial charge < -0.3 is 10.8 Å². The van der Waals surface area contributed by atoms with Gasteiger partial charge in [0.05, 0.1) is 6.10 Å². The fraction of sp³-hybridized carbons (Fsp3) is 0.400. The van der Waals surface area contributed by atoms with Crippen LogP contribution in [0.15, 0.2) is 18.2 Å². The third-order valence-electron chi connectivity index (χ3n) is 2.58. The van der Waals surface area contributed by atoms with Crippen molar-refractivity contribution in [1.82, 2.24) is 0 Å². The van der Waals surface area contributed by atoms with Gasteiger partial charge in [0.2, 0.25) is 0 Å². The molecule has 70 valence electrons. The molecule has 0 fully saturated rings. The lowest BCUT2D eigenvalue weighted by Gasteiger charge is -2.27. The van der Waals surface area contributed by atoms with E-state index in [4.69, 9.17) is 5.73 Å². The van der Waals surface area contributed by atoms with E-state index < -0.39 is 6.10 Å². The second kappa shape index (κ2) is 3.09. The first-order valence-corrected chi connectivity index (χ1v) is 4.40. The highest BCUT2D eigenvalue weighted by Gasteiger charge is 2.24. The van der Waals surface area contributed by atoms with Crippen molar-refractivity contribution in [2.45, 2.75) is 25.0 Å². The third kappa shape index (κ3) is 1.45. The maximum atomic E-state index is 12.8. The lowest BCUT2D eigenvalue weighted by molar-refractivity contribution is 0.133. The van der Waals surface area contributed by atoms with E-state index >= 15 is 0 Å². The summed E-state index contributed by atoms with van der Waals surface area (Å²) in [6.45, 7) is 0. The zero-order valence-electron chi connectivity index (χ0n) is 7.20. The Kier molecular flexibility index (Phi) is 2.06. The minimum atomic E-state index is -0.709. The van der Waals surface area contributed by atoms with Gasteiger partial charge in [0.1, 0.15) is 5.82 Å². The molecule has 0 amide bonds. The van der Waals surface area contributed by atoms with Crippen LogP contribution in [0, 0.1) is 5.82 Å². The molecule has 2 nitrogen and oxygen atoms in total. The SMILES string of the molecule is N[C@@H]1CCc2ccc(F)cc2[C@H]1O. The van der Waals surface area contributed by atoms with Crippen molar-refractivity contribution in [2.75, 3.05) is 0 Å². The van der Waals surface area contributed by atoms with Crippen LogP contribution in [0.3, 0.4) is 0 Å². The summed E-state index contributed by atoms with van der Waals surface area (Å²) in [7, 11) is 0. The number of hydrogen-bond acceptors (Lipinski definition) is 2. The second-order valence-corrected chi connectivity index (χ2v) is 3.49. The molecule has 0 aromatic heterocycles. The Labute approximate surface area is 76.2 Å². The number of fused-ring (bicyclic) bond motifs is 1. The summed E-state index contributed by atoms with van der Waals surface area (Å²) >= 11 is 0. The highest BCUT2D eigenvalue weighted by molar-refractivity contribution is 5.33. The van der Waals surface area contributed by atoms with Crippen molar-refractivity contribution < 1.29 is 9.50 Å². The third-order valence-corrected chi connectivity index (χ3v) is 2.58. The summed E-state index contributed by atoms with van der Waals surface area (Å²) < 4.78 is 12.8. The summed E-state index contributed by atoms with van der Waals surface area (Å²) in [5, 5.41) is 9.66. The van der Waals surface area contributed by atoms with E-state index in [0.717, 1.165) is 18.4 Å². The van der Waals surface area contributed by atoms with E-state index in [1.807, 2.05) is 0 Å². The van der Waals surface area contributed by atoms with Crippen molar-refractivity contribution in [3.05, 3.63) is 35.1 Å². The first-order chi connectivity index (χ1) is 6.18. The van der Waals surface area contributed by atoms with E-state index in [1.165, 1.54) is 12.1 Å². The minimum Gasteiger partial charge on any atom is -0.387 e. The lowest BCUT2D eigenvalue weighted by Crippen LogP contribution is -2.33. The van der Waals surface area contributed by atoms with Crippen molar-refractivity contribution in [1.29, 1.82) is 0 Å². The van der Waals surface area contributed by atoms with Gasteiger partial charge in [0, 0.05) is 6.04 Å². The van der Waals surface area contributed by atoms with E-state index in [1.54, 1.807) is 6.07 Å². The molecule has 0 aliphatic heterocycles. The molecule has 1 aromatic rings. The Balaban J connectivity index is 2.45. The number of aliphatic hydroxyl groups is 1. The van der Waals surface area contributed by atoms with Crippen LogP contribution >= 0.6 is 0 Å². The number of rotatable bonds is 0. The van der Waals surface area contributed by atoms with Gasteiger partial charge in [-0.1, -0.05) is 6.07 Å². The Morgan fingerprint density at radius 1 is 1.46 bits per heavy atom. The molecule has 0 spiro atoms. The highest BCUT2D eigenvalue weighted by atomic mass is 19.1. The summed E-state index contributed by atoms with van der Waals surface area (Å²) in [5.74, 6) is -0.313. The molecule has 13 heavy (non-hydrogen) atoms. The highest BCUT2D eigenvalue weighted by Crippen LogP contribution is 2.29. The van der Waals surface area contributed by atoms with Gasteiger partial charge in [0.25, 0.3) is 0 Å². The smallest absolute Gasteiger partial charge is 0.123 e. The predicted molar refractivity (Wildman–Crippen MR) is 47.7 cm³/mol. The lowest BCUT2D eigenvalue weighted by atomic mass is 9.86. The van der Waals surface area contributed by atoms with Crippen molar-refractivity contribution in [2.24, 2.45) is 5.73 Å². The minimum absolute atomic E-state index is 0.255. The second-order valence-electron chi connectivity index (χ2n) is 3.49. The number of aryl methyl sites for hydroxylation is 1. The van der Waals surface area contributed by atoms with Crippen LogP contribution in [-0.4, -0.2) is 11.1 Å². The topological polar surface area (TPSA) is 46.2 Å². The van der Waals surface area contributed by atoms with E-state index in [-0.39, 0.29) is 11.9 Å². The van der Waals surface area contributed by atoms with Crippen LogP contribution in [0.5, 0.6) is 0 Å². The van der Waals surface area contributed by atoms with Crippen LogP contribution in [0.25, 0.3) is 0 Å². The van der Waals surface area contributed by atoms with Crippen molar-refractivity contribution in [3.63, 3.8) is 0 Å². The molecule has 1 aliphatic carbocycles. The molecule has 0 saturated heterocycles. The molecule has 2 rings (SSSR count). The number of nitrogens with two attached hydrogens (primary N) is 1. The van der Waals surface area contributed by atoms with Gasteiger partial charge in [-0.3, -0.25) is 0 Å². The number of aliphatic hydroxyl groups excluding tert-OH is 1. The molecular weight excluding hydrogens is 169 g/mol. The predicted octanol–water partition coefficient (Wildman–Crippen LogP) is 1.13. The normalized spacial score (nSPS) is 27.0. The quantitative estimate of drug-likeness (QED) is 0.630. The molecule has 1 aliphatic rings. The number of benzene rings is 1. The molecule has 1 aromatic carbocycles. The van der Waals surface area contributed by atoms with E-state index in [9.17, 15) is 9.50 Å². The first kappa shape index (κ1) is 8.66. The number of hydrogen-bond donors (Lipinski definition) is 2. The Hall–Kier alpha value is -0.930. The van der Waals surface area contributed by atoms with E-state index in [2.05, 4.69) is 0 Å². The van der Waals surface area contributed by atoms with Crippen LogP contribution in [0.1, 0.15) is 23.7 Å². The average molecular weight is 181 g/mol. The van der Waals surface area contributed by atoms with Crippen molar-refractivity contribution >= 4 is 0 Å². The van der Waals surface area contributed by atoms with Gasteiger partial charge in [0.15, 0.2) is 0 Å². The molecule has 0 heterocycles. The van der Waals surface area contributed by atoms with Gasteiger partial charge in [-0.25, -0.2) is 4.39 Å². The van der Waals surface area contributed by atoms with Crippen LogP contribution in [0.2, 0.25) is 0 Å². The van der Waals surface area contributed by atoms with Crippen molar-refractivity contribution in [3.8, 4) is 0 Å². The average Bonchev–Trinajstić information content (AvgIpc) is 2.12. The molecule has 0 unspecified atom stereocenters. The van der Waals surface area contributed by atoms with Crippen LogP contribution in [-0.2, 0) is 6.42 Å².